The Balaban J connectivity index is 1.65. The van der Waals surface area contributed by atoms with Crippen LogP contribution in [0, 0.1) is 5.92 Å². The van der Waals surface area contributed by atoms with Crippen LogP contribution in [0.3, 0.4) is 0 Å². The van der Waals surface area contributed by atoms with Crippen molar-refractivity contribution < 1.29 is 9.59 Å². The molecule has 0 unspecified atom stereocenters. The molecule has 4 rings (SSSR count). The lowest BCUT2D eigenvalue weighted by Crippen LogP contribution is -2.40. The van der Waals surface area contributed by atoms with E-state index in [2.05, 4.69) is 32.4 Å². The third-order valence-corrected chi connectivity index (χ3v) is 6.38. The zero-order valence-corrected chi connectivity index (χ0v) is 19.0. The number of nitrogens with one attached hydrogen (secondary N) is 2. The van der Waals surface area contributed by atoms with Gasteiger partial charge in [0.2, 0.25) is 11.9 Å². The number of nitrogens with zero attached hydrogens (tertiary/aromatic N) is 5. The average molecular weight is 438 g/mol. The molecule has 1 saturated carbocycles. The van der Waals surface area contributed by atoms with Gasteiger partial charge in [0.15, 0.2) is 5.82 Å². The number of hydrogen-bond acceptors (Lipinski definition) is 7. The van der Waals surface area contributed by atoms with Crippen LogP contribution in [0.5, 0.6) is 0 Å². The zero-order chi connectivity index (χ0) is 22.7. The quantitative estimate of drug-likeness (QED) is 0.716. The highest BCUT2D eigenvalue weighted by molar-refractivity contribution is 5.99. The molecule has 2 N–H and O–H groups in total. The minimum Gasteiger partial charge on any atom is -0.355 e. The maximum atomic E-state index is 13.1. The Hall–Kier alpha value is -3.23. The summed E-state index contributed by atoms with van der Waals surface area (Å²) in [7, 11) is 3.40. The van der Waals surface area contributed by atoms with Crippen molar-refractivity contribution in [2.45, 2.75) is 51.5 Å². The summed E-state index contributed by atoms with van der Waals surface area (Å²) in [5.41, 5.74) is 1.23. The lowest BCUT2D eigenvalue weighted by atomic mass is 10.0. The van der Waals surface area contributed by atoms with Crippen LogP contribution < -0.4 is 20.4 Å². The van der Waals surface area contributed by atoms with Crippen molar-refractivity contribution >= 4 is 35.1 Å². The van der Waals surface area contributed by atoms with Gasteiger partial charge in [0.1, 0.15) is 11.5 Å². The standard InChI is InChI=1S/C23H31N7O2/c1-4-7-16-14-30(17-8-5-6-9-17)20-18(29(3)22(16)32)13-26-23(28-20)27-19-11-10-15(12-25-19)21(31)24-2/h10-13,16-17H,4-9,14H2,1-3H3,(H,24,31)(H,25,26,27,28)/t16-/m0/s1. The number of anilines is 4. The highest BCUT2D eigenvalue weighted by atomic mass is 16.2. The summed E-state index contributed by atoms with van der Waals surface area (Å²) in [4.78, 5) is 42.5. The van der Waals surface area contributed by atoms with Crippen molar-refractivity contribution in [1.82, 2.24) is 20.3 Å². The van der Waals surface area contributed by atoms with Gasteiger partial charge in [-0.3, -0.25) is 9.59 Å². The van der Waals surface area contributed by atoms with Crippen molar-refractivity contribution in [1.29, 1.82) is 0 Å². The topological polar surface area (TPSA) is 103 Å². The van der Waals surface area contributed by atoms with Gasteiger partial charge in [0, 0.05) is 32.9 Å². The molecular formula is C23H31N7O2. The van der Waals surface area contributed by atoms with Gasteiger partial charge in [-0.15, -0.1) is 0 Å². The van der Waals surface area contributed by atoms with Crippen molar-refractivity contribution in [2.75, 3.05) is 35.8 Å². The first-order valence-electron chi connectivity index (χ1n) is 11.4. The Morgan fingerprint density at radius 1 is 1.19 bits per heavy atom. The fourth-order valence-corrected chi connectivity index (χ4v) is 4.63. The van der Waals surface area contributed by atoms with E-state index in [1.165, 1.54) is 19.0 Å². The first-order valence-corrected chi connectivity index (χ1v) is 11.4. The fraction of sp³-hybridized carbons (Fsp3) is 0.522. The van der Waals surface area contributed by atoms with E-state index in [-0.39, 0.29) is 17.7 Å². The molecule has 2 amide bonds. The third-order valence-electron chi connectivity index (χ3n) is 6.38. The Bertz CT molecular complexity index is 973. The van der Waals surface area contributed by atoms with E-state index in [0.29, 0.717) is 29.9 Å². The molecule has 0 spiro atoms. The fourth-order valence-electron chi connectivity index (χ4n) is 4.63. The van der Waals surface area contributed by atoms with E-state index in [0.717, 1.165) is 37.2 Å². The molecule has 170 valence electrons. The predicted molar refractivity (Wildman–Crippen MR) is 124 cm³/mol. The van der Waals surface area contributed by atoms with Gasteiger partial charge in [-0.05, 0) is 31.4 Å². The normalized spacial score (nSPS) is 19.0. The van der Waals surface area contributed by atoms with Crippen LogP contribution in [0.15, 0.2) is 24.5 Å². The maximum absolute atomic E-state index is 13.1. The predicted octanol–water partition coefficient (Wildman–Crippen LogP) is 3.12. The summed E-state index contributed by atoms with van der Waals surface area (Å²) >= 11 is 0. The molecule has 9 nitrogen and oxygen atoms in total. The van der Waals surface area contributed by atoms with E-state index in [1.807, 2.05) is 7.05 Å². The maximum Gasteiger partial charge on any atom is 0.252 e. The Kier molecular flexibility index (Phi) is 6.53. The van der Waals surface area contributed by atoms with E-state index in [1.54, 1.807) is 30.3 Å². The van der Waals surface area contributed by atoms with Crippen LogP contribution in [0.25, 0.3) is 0 Å². The van der Waals surface area contributed by atoms with Crippen LogP contribution in [-0.4, -0.2) is 53.4 Å². The smallest absolute Gasteiger partial charge is 0.252 e. The van der Waals surface area contributed by atoms with E-state index >= 15 is 0 Å². The molecule has 3 heterocycles. The summed E-state index contributed by atoms with van der Waals surface area (Å²) in [6.45, 7) is 2.81. The molecule has 1 aliphatic carbocycles. The number of pyridine rings is 1. The molecule has 1 atom stereocenters. The Labute approximate surface area is 188 Å². The van der Waals surface area contributed by atoms with Crippen LogP contribution in [0.1, 0.15) is 55.8 Å². The summed E-state index contributed by atoms with van der Waals surface area (Å²) in [6, 6.07) is 3.81. The number of hydrogen-bond donors (Lipinski definition) is 2. The molecule has 0 aromatic carbocycles. The minimum absolute atomic E-state index is 0.0462. The first kappa shape index (κ1) is 22.0. The van der Waals surface area contributed by atoms with Crippen molar-refractivity contribution in [3.8, 4) is 0 Å². The number of carbonyl (C=O) groups is 2. The molecular weight excluding hydrogens is 406 g/mol. The van der Waals surface area contributed by atoms with E-state index in [4.69, 9.17) is 4.98 Å². The molecule has 9 heteroatoms. The van der Waals surface area contributed by atoms with Gasteiger partial charge < -0.3 is 20.4 Å². The zero-order valence-electron chi connectivity index (χ0n) is 19.0. The van der Waals surface area contributed by atoms with E-state index in [9.17, 15) is 9.59 Å². The molecule has 2 aliphatic rings. The highest BCUT2D eigenvalue weighted by Crippen LogP contribution is 2.38. The molecule has 2 aromatic heterocycles. The Morgan fingerprint density at radius 2 is 1.97 bits per heavy atom. The lowest BCUT2D eigenvalue weighted by Gasteiger charge is -2.31. The van der Waals surface area contributed by atoms with Crippen molar-refractivity contribution in [2.24, 2.45) is 5.92 Å². The van der Waals surface area contributed by atoms with Crippen molar-refractivity contribution in [3.05, 3.63) is 30.1 Å². The molecule has 1 aliphatic heterocycles. The Morgan fingerprint density at radius 3 is 2.62 bits per heavy atom. The van der Waals surface area contributed by atoms with Gasteiger partial charge in [-0.2, -0.15) is 4.98 Å². The van der Waals surface area contributed by atoms with Gasteiger partial charge in [0.05, 0.1) is 17.7 Å². The molecule has 0 radical (unpaired) electrons. The number of rotatable bonds is 6. The lowest BCUT2D eigenvalue weighted by molar-refractivity contribution is -0.121. The second-order valence-electron chi connectivity index (χ2n) is 8.51. The molecule has 0 bridgehead atoms. The number of carbonyl (C=O) groups excluding carboxylic acids is 2. The molecule has 2 aromatic rings. The van der Waals surface area contributed by atoms with Crippen molar-refractivity contribution in [3.63, 3.8) is 0 Å². The largest absolute Gasteiger partial charge is 0.355 e. The van der Waals surface area contributed by atoms with Crippen LogP contribution in [-0.2, 0) is 4.79 Å². The summed E-state index contributed by atoms with van der Waals surface area (Å²) in [6.07, 6.45) is 9.70. The van der Waals surface area contributed by atoms with Crippen LogP contribution in [0.4, 0.5) is 23.3 Å². The van der Waals surface area contributed by atoms with Gasteiger partial charge >= 0.3 is 0 Å². The number of fused-ring (bicyclic) bond motifs is 1. The number of amides is 2. The highest BCUT2D eigenvalue weighted by Gasteiger charge is 2.36. The summed E-state index contributed by atoms with van der Waals surface area (Å²) in [5.74, 6) is 1.66. The number of aromatic nitrogens is 3. The molecule has 0 saturated heterocycles. The van der Waals surface area contributed by atoms with Crippen LogP contribution >= 0.6 is 0 Å². The minimum atomic E-state index is -0.188. The summed E-state index contributed by atoms with van der Waals surface area (Å²) < 4.78 is 0. The SMILES string of the molecule is CCC[C@H]1CN(C2CCCC2)c2nc(Nc3ccc(C(=O)NC)cn3)ncc2N(C)C1=O. The van der Waals surface area contributed by atoms with E-state index < -0.39 is 0 Å². The monoisotopic (exact) mass is 437 g/mol. The van der Waals surface area contributed by atoms with Gasteiger partial charge in [0.25, 0.3) is 5.91 Å². The summed E-state index contributed by atoms with van der Waals surface area (Å²) in [5, 5.41) is 5.72. The van der Waals surface area contributed by atoms with Gasteiger partial charge in [-0.25, -0.2) is 9.97 Å². The third kappa shape index (κ3) is 4.37. The second-order valence-corrected chi connectivity index (χ2v) is 8.51. The first-order chi connectivity index (χ1) is 15.5. The van der Waals surface area contributed by atoms with Crippen LogP contribution in [0.2, 0.25) is 0 Å². The average Bonchev–Trinajstić information content (AvgIpc) is 3.32. The second kappa shape index (κ2) is 9.50. The molecule has 32 heavy (non-hydrogen) atoms. The molecule has 1 fully saturated rings. The van der Waals surface area contributed by atoms with Gasteiger partial charge in [-0.1, -0.05) is 26.2 Å².